The Morgan fingerprint density at radius 1 is 1.00 bits per heavy atom. The molecule has 0 aromatic carbocycles. The number of halogens is 1. The van der Waals surface area contributed by atoms with E-state index in [0.29, 0.717) is 30.4 Å². The highest BCUT2D eigenvalue weighted by atomic mass is 35.5. The maximum Gasteiger partial charge on any atom is 0.226 e. The predicted octanol–water partition coefficient (Wildman–Crippen LogP) is 0.703. The molecule has 6 N–H and O–H groups in total. The Hall–Kier alpha value is -0.620. The van der Waals surface area contributed by atoms with Gasteiger partial charge >= 0.3 is 0 Å². The van der Waals surface area contributed by atoms with Crippen molar-refractivity contribution in [3.05, 3.63) is 0 Å². The number of hydrogen-bond acceptors (Lipinski definition) is 8. The lowest BCUT2D eigenvalue weighted by molar-refractivity contribution is -0.130. The largest absolute Gasteiger partial charge is 0.391 e. The summed E-state index contributed by atoms with van der Waals surface area (Å²) in [5.41, 5.74) is -0.238. The number of nitrogens with one attached hydrogen (secondary N) is 5. The number of carbonyl (C=O) groups is 2. The van der Waals surface area contributed by atoms with E-state index >= 15 is 0 Å². The first kappa shape index (κ1) is 27.0. The van der Waals surface area contributed by atoms with E-state index in [0.717, 1.165) is 44.9 Å². The second kappa shape index (κ2) is 11.6. The van der Waals surface area contributed by atoms with Crippen molar-refractivity contribution < 1.29 is 19.4 Å². The molecule has 36 heavy (non-hydrogen) atoms. The number of hydrogen-bond donors (Lipinski definition) is 6. The van der Waals surface area contributed by atoms with Gasteiger partial charge in [-0.15, -0.1) is 23.4 Å². The van der Waals surface area contributed by atoms with Crippen molar-refractivity contribution in [2.45, 2.75) is 98.5 Å². The van der Waals surface area contributed by atoms with Crippen molar-refractivity contribution in [1.82, 2.24) is 26.6 Å². The Bertz CT molecular complexity index is 810. The van der Waals surface area contributed by atoms with Gasteiger partial charge in [0.15, 0.2) is 0 Å². The van der Waals surface area contributed by atoms with Crippen LogP contribution in [-0.2, 0) is 14.3 Å². The summed E-state index contributed by atoms with van der Waals surface area (Å²) in [5.74, 6) is 0.435. The van der Waals surface area contributed by atoms with E-state index in [1.807, 2.05) is 0 Å². The van der Waals surface area contributed by atoms with Gasteiger partial charge in [0.25, 0.3) is 0 Å². The standard InChI is InChI=1S/C25H42ClN5O4S/c1-12-7-14(15-9-22(26)28-11-20(15)35-2)16(10-27-12)24(34)31-25-30-18-4-3-13(8-21(18)36-25)23(33)29-17-5-6-19(17)32/h12-22,25,27-28,30,32H,3-11H2,1-2H3,(H,29,33)(H,31,34)/t12?,13-,14?,15?,16?,17-,18?,19+,20?,21?,22?,25?/m0/s1. The van der Waals surface area contributed by atoms with Crippen LogP contribution in [0.4, 0.5) is 0 Å². The molecule has 0 aromatic rings. The third kappa shape index (κ3) is 5.84. The van der Waals surface area contributed by atoms with Crippen LogP contribution < -0.4 is 26.6 Å². The minimum absolute atomic E-state index is 0.0226. The van der Waals surface area contributed by atoms with E-state index in [1.165, 1.54) is 0 Å². The molecule has 2 saturated carbocycles. The molecule has 204 valence electrons. The predicted molar refractivity (Wildman–Crippen MR) is 140 cm³/mol. The Kier molecular flexibility index (Phi) is 8.72. The summed E-state index contributed by atoms with van der Waals surface area (Å²) in [5, 5.41) is 26.8. The number of alkyl halides is 1. The number of rotatable bonds is 6. The third-order valence-corrected chi connectivity index (χ3v) is 10.9. The molecule has 12 atom stereocenters. The first-order valence-corrected chi connectivity index (χ1v) is 15.0. The molecule has 3 saturated heterocycles. The topological polar surface area (TPSA) is 124 Å². The van der Waals surface area contributed by atoms with Gasteiger partial charge in [-0.2, -0.15) is 0 Å². The molecule has 0 aromatic heterocycles. The molecule has 9 nitrogen and oxygen atoms in total. The number of methoxy groups -OCH3 is 1. The highest BCUT2D eigenvalue weighted by Gasteiger charge is 2.46. The van der Waals surface area contributed by atoms with E-state index in [-0.39, 0.29) is 58.6 Å². The van der Waals surface area contributed by atoms with Crippen molar-refractivity contribution in [2.24, 2.45) is 23.7 Å². The highest BCUT2D eigenvalue weighted by molar-refractivity contribution is 8.00. The van der Waals surface area contributed by atoms with Gasteiger partial charge in [-0.3, -0.25) is 20.2 Å². The Morgan fingerprint density at radius 2 is 1.83 bits per heavy atom. The molecule has 3 aliphatic heterocycles. The first-order valence-electron chi connectivity index (χ1n) is 13.7. The smallest absolute Gasteiger partial charge is 0.226 e. The summed E-state index contributed by atoms with van der Waals surface area (Å²) < 4.78 is 5.80. The summed E-state index contributed by atoms with van der Waals surface area (Å²) in [6.45, 7) is 3.55. The summed E-state index contributed by atoms with van der Waals surface area (Å²) in [6, 6.07) is 0.576. The fraction of sp³-hybridized carbons (Fsp3) is 0.920. The molecule has 2 aliphatic carbocycles. The molecule has 9 unspecified atom stereocenters. The summed E-state index contributed by atoms with van der Waals surface area (Å²) in [6.07, 6.45) is 5.57. The number of thioether (sulfide) groups is 1. The first-order chi connectivity index (χ1) is 17.3. The lowest BCUT2D eigenvalue weighted by Gasteiger charge is -2.45. The van der Waals surface area contributed by atoms with Crippen LogP contribution in [0.15, 0.2) is 0 Å². The number of amides is 2. The van der Waals surface area contributed by atoms with E-state index in [9.17, 15) is 14.7 Å². The number of piperidine rings is 2. The van der Waals surface area contributed by atoms with Gasteiger partial charge < -0.3 is 25.8 Å². The van der Waals surface area contributed by atoms with Crippen molar-refractivity contribution in [3.63, 3.8) is 0 Å². The quantitative estimate of drug-likeness (QED) is 0.214. The van der Waals surface area contributed by atoms with Crippen molar-refractivity contribution >= 4 is 35.2 Å². The lowest BCUT2D eigenvalue weighted by Crippen LogP contribution is -2.57. The minimum Gasteiger partial charge on any atom is -0.391 e. The van der Waals surface area contributed by atoms with E-state index in [2.05, 4.69) is 33.5 Å². The zero-order valence-corrected chi connectivity index (χ0v) is 22.8. The summed E-state index contributed by atoms with van der Waals surface area (Å²) >= 11 is 8.21. The fourth-order valence-electron chi connectivity index (χ4n) is 6.85. The molecule has 3 heterocycles. The molecule has 5 rings (SSSR count). The molecular weight excluding hydrogens is 502 g/mol. The fourth-order valence-corrected chi connectivity index (χ4v) is 8.68. The molecule has 0 bridgehead atoms. The van der Waals surface area contributed by atoms with Crippen LogP contribution in [0.5, 0.6) is 0 Å². The van der Waals surface area contributed by atoms with Crippen LogP contribution >= 0.6 is 23.4 Å². The van der Waals surface area contributed by atoms with Crippen molar-refractivity contribution in [3.8, 4) is 0 Å². The number of ether oxygens (including phenoxy) is 1. The molecule has 5 aliphatic rings. The lowest BCUT2D eigenvalue weighted by atomic mass is 9.70. The molecule has 0 spiro atoms. The normalized spacial score (nSPS) is 46.9. The van der Waals surface area contributed by atoms with Gasteiger partial charge in [0, 0.05) is 43.5 Å². The molecular formula is C25H42ClN5O4S. The van der Waals surface area contributed by atoms with Gasteiger partial charge in [0.1, 0.15) is 5.50 Å². The summed E-state index contributed by atoms with van der Waals surface area (Å²) in [7, 11) is 1.75. The van der Waals surface area contributed by atoms with Crippen molar-refractivity contribution in [1.29, 1.82) is 0 Å². The SMILES string of the molecule is COC1CNC(Cl)CC1C1CC(C)NCC1C(=O)NC1NC2CC[C@H](C(=O)N[C@H]3CC[C@H]3O)CC2S1. The van der Waals surface area contributed by atoms with Crippen LogP contribution in [0.25, 0.3) is 0 Å². The van der Waals surface area contributed by atoms with Crippen LogP contribution in [0.2, 0.25) is 0 Å². The van der Waals surface area contributed by atoms with E-state index < -0.39 is 6.10 Å². The number of aliphatic hydroxyl groups is 1. The van der Waals surface area contributed by atoms with Gasteiger partial charge in [-0.25, -0.2) is 0 Å². The van der Waals surface area contributed by atoms with Gasteiger partial charge in [-0.1, -0.05) is 0 Å². The molecule has 0 radical (unpaired) electrons. The Balaban J connectivity index is 1.17. The average Bonchev–Trinajstić information content (AvgIpc) is 3.27. The van der Waals surface area contributed by atoms with E-state index in [1.54, 1.807) is 18.9 Å². The third-order valence-electron chi connectivity index (χ3n) is 9.19. The van der Waals surface area contributed by atoms with Gasteiger partial charge in [-0.05, 0) is 63.7 Å². The molecule has 2 amide bonds. The van der Waals surface area contributed by atoms with Crippen LogP contribution in [0.3, 0.4) is 0 Å². The van der Waals surface area contributed by atoms with E-state index in [4.69, 9.17) is 16.3 Å². The zero-order chi connectivity index (χ0) is 25.4. The zero-order valence-electron chi connectivity index (χ0n) is 21.3. The highest BCUT2D eigenvalue weighted by Crippen LogP contribution is 2.40. The minimum atomic E-state index is -0.396. The van der Waals surface area contributed by atoms with Gasteiger partial charge in [0.05, 0.1) is 29.7 Å². The van der Waals surface area contributed by atoms with Crippen LogP contribution in [-0.4, -0.2) is 83.7 Å². The second-order valence-electron chi connectivity index (χ2n) is 11.5. The molecule has 11 heteroatoms. The van der Waals surface area contributed by atoms with Crippen LogP contribution in [0.1, 0.15) is 51.9 Å². The maximum atomic E-state index is 13.6. The number of aliphatic hydroxyl groups excluding tert-OH is 1. The maximum absolute atomic E-state index is 13.6. The monoisotopic (exact) mass is 543 g/mol. The number of fused-ring (bicyclic) bond motifs is 1. The average molecular weight is 544 g/mol. The Morgan fingerprint density at radius 3 is 2.56 bits per heavy atom. The molecule has 5 fully saturated rings. The van der Waals surface area contributed by atoms with Gasteiger partial charge in [0.2, 0.25) is 11.8 Å². The van der Waals surface area contributed by atoms with Crippen LogP contribution in [0, 0.1) is 23.7 Å². The Labute approximate surface area is 223 Å². The van der Waals surface area contributed by atoms with Crippen molar-refractivity contribution in [2.75, 3.05) is 20.2 Å². The summed E-state index contributed by atoms with van der Waals surface area (Å²) in [4.78, 5) is 26.3. The number of carbonyl (C=O) groups excluding carboxylic acids is 2. The second-order valence-corrected chi connectivity index (χ2v) is 13.3.